The first-order valence-corrected chi connectivity index (χ1v) is 7.85. The Bertz CT molecular complexity index is 745. The molecule has 0 radical (unpaired) electrons. The van der Waals surface area contributed by atoms with Crippen molar-refractivity contribution in [3.63, 3.8) is 0 Å². The van der Waals surface area contributed by atoms with Gasteiger partial charge in [-0.15, -0.1) is 0 Å². The van der Waals surface area contributed by atoms with Gasteiger partial charge in [0.1, 0.15) is 17.6 Å². The van der Waals surface area contributed by atoms with E-state index in [1.54, 1.807) is 12.1 Å². The summed E-state index contributed by atoms with van der Waals surface area (Å²) in [7, 11) is 0. The van der Waals surface area contributed by atoms with E-state index in [0.717, 1.165) is 5.56 Å². The standard InChI is InChI=1S/C20H20O3/c1-13(2)8-9-15-17(21)11-10-16-18(22)12-19(23-20(15)16)14-6-4-3-5-7-14/h3-11,13,19,21H,12H2,1-2H3. The number of carbonyl (C=O) groups excluding carboxylic acids is 1. The number of fused-ring (bicyclic) bond motifs is 1. The van der Waals surface area contributed by atoms with Gasteiger partial charge in [-0.1, -0.05) is 56.3 Å². The fourth-order valence-electron chi connectivity index (χ4n) is 2.70. The lowest BCUT2D eigenvalue weighted by Gasteiger charge is -2.27. The van der Waals surface area contributed by atoms with Crippen LogP contribution in [0.5, 0.6) is 11.5 Å². The molecule has 1 aliphatic rings. The summed E-state index contributed by atoms with van der Waals surface area (Å²) >= 11 is 0. The van der Waals surface area contributed by atoms with Gasteiger partial charge >= 0.3 is 0 Å². The number of hydrogen-bond donors (Lipinski definition) is 1. The molecule has 2 aromatic rings. The molecule has 3 heteroatoms. The molecule has 1 unspecified atom stereocenters. The number of rotatable bonds is 3. The molecule has 2 aromatic carbocycles. The average Bonchev–Trinajstić information content (AvgIpc) is 2.54. The quantitative estimate of drug-likeness (QED) is 0.888. The van der Waals surface area contributed by atoms with Crippen LogP contribution in [-0.2, 0) is 0 Å². The highest BCUT2D eigenvalue weighted by Gasteiger charge is 2.30. The minimum atomic E-state index is -0.316. The van der Waals surface area contributed by atoms with Crippen molar-refractivity contribution in [3.8, 4) is 11.5 Å². The van der Waals surface area contributed by atoms with E-state index in [1.807, 2.05) is 42.5 Å². The van der Waals surface area contributed by atoms with E-state index in [0.29, 0.717) is 29.2 Å². The molecule has 3 nitrogen and oxygen atoms in total. The second-order valence-electron chi connectivity index (χ2n) is 6.12. The van der Waals surface area contributed by atoms with Crippen LogP contribution >= 0.6 is 0 Å². The molecule has 0 spiro atoms. The zero-order valence-corrected chi connectivity index (χ0v) is 13.3. The Labute approximate surface area is 136 Å². The molecule has 0 amide bonds. The summed E-state index contributed by atoms with van der Waals surface area (Å²) in [5, 5.41) is 10.2. The number of carbonyl (C=O) groups is 1. The zero-order chi connectivity index (χ0) is 16.4. The Morgan fingerprint density at radius 3 is 2.61 bits per heavy atom. The molecule has 0 saturated carbocycles. The number of ether oxygens (including phenoxy) is 1. The fourth-order valence-corrected chi connectivity index (χ4v) is 2.70. The van der Waals surface area contributed by atoms with Crippen LogP contribution in [0.15, 0.2) is 48.5 Å². The molecule has 0 fully saturated rings. The topological polar surface area (TPSA) is 46.5 Å². The Morgan fingerprint density at radius 2 is 1.91 bits per heavy atom. The first-order valence-electron chi connectivity index (χ1n) is 7.85. The molecule has 0 bridgehead atoms. The van der Waals surface area contributed by atoms with Gasteiger partial charge < -0.3 is 9.84 Å². The Morgan fingerprint density at radius 1 is 1.17 bits per heavy atom. The van der Waals surface area contributed by atoms with Crippen molar-refractivity contribution in [1.82, 2.24) is 0 Å². The van der Waals surface area contributed by atoms with Crippen LogP contribution in [-0.4, -0.2) is 10.9 Å². The predicted molar refractivity (Wildman–Crippen MR) is 90.7 cm³/mol. The molecule has 0 aromatic heterocycles. The SMILES string of the molecule is CC(C)C=Cc1c(O)ccc2c1OC(c1ccccc1)CC2=O. The molecular weight excluding hydrogens is 288 g/mol. The van der Waals surface area contributed by atoms with Crippen LogP contribution in [0.1, 0.15) is 47.9 Å². The molecule has 23 heavy (non-hydrogen) atoms. The summed E-state index contributed by atoms with van der Waals surface area (Å²) in [6.07, 6.45) is 3.81. The van der Waals surface area contributed by atoms with Gasteiger partial charge in [0.2, 0.25) is 0 Å². The summed E-state index contributed by atoms with van der Waals surface area (Å²) in [4.78, 5) is 12.5. The monoisotopic (exact) mass is 308 g/mol. The van der Waals surface area contributed by atoms with E-state index in [9.17, 15) is 9.90 Å². The van der Waals surface area contributed by atoms with Gasteiger partial charge in [0.25, 0.3) is 0 Å². The Balaban J connectivity index is 2.04. The van der Waals surface area contributed by atoms with Crippen molar-refractivity contribution in [2.45, 2.75) is 26.4 Å². The molecule has 1 aliphatic heterocycles. The molecule has 1 heterocycles. The van der Waals surface area contributed by atoms with Crippen molar-refractivity contribution < 1.29 is 14.6 Å². The number of Topliss-reactive ketones (excluding diaryl/α,β-unsaturated/α-hetero) is 1. The fraction of sp³-hybridized carbons (Fsp3) is 0.250. The van der Waals surface area contributed by atoms with E-state index >= 15 is 0 Å². The van der Waals surface area contributed by atoms with Crippen molar-refractivity contribution in [2.24, 2.45) is 5.92 Å². The van der Waals surface area contributed by atoms with Gasteiger partial charge in [-0.25, -0.2) is 0 Å². The molecule has 3 rings (SSSR count). The van der Waals surface area contributed by atoms with Crippen molar-refractivity contribution in [1.29, 1.82) is 0 Å². The zero-order valence-electron chi connectivity index (χ0n) is 13.3. The lowest BCUT2D eigenvalue weighted by Crippen LogP contribution is -2.21. The highest BCUT2D eigenvalue weighted by molar-refractivity contribution is 6.01. The van der Waals surface area contributed by atoms with E-state index in [4.69, 9.17) is 4.74 Å². The normalized spacial score (nSPS) is 17.3. The summed E-state index contributed by atoms with van der Waals surface area (Å²) in [5.41, 5.74) is 2.08. The average molecular weight is 308 g/mol. The minimum Gasteiger partial charge on any atom is -0.507 e. The van der Waals surface area contributed by atoms with Gasteiger partial charge in [-0.05, 0) is 23.6 Å². The van der Waals surface area contributed by atoms with Gasteiger partial charge in [0.05, 0.1) is 17.5 Å². The molecule has 0 saturated heterocycles. The second-order valence-corrected chi connectivity index (χ2v) is 6.12. The van der Waals surface area contributed by atoms with Gasteiger partial charge in [-0.3, -0.25) is 4.79 Å². The third-order valence-corrected chi connectivity index (χ3v) is 3.92. The van der Waals surface area contributed by atoms with Crippen molar-refractivity contribution in [3.05, 3.63) is 65.2 Å². The third kappa shape index (κ3) is 3.14. The Hall–Kier alpha value is -2.55. The predicted octanol–water partition coefficient (Wildman–Crippen LogP) is 4.77. The van der Waals surface area contributed by atoms with Crippen molar-refractivity contribution in [2.75, 3.05) is 0 Å². The van der Waals surface area contributed by atoms with Crippen LogP contribution in [0.25, 0.3) is 6.08 Å². The van der Waals surface area contributed by atoms with Crippen molar-refractivity contribution >= 4 is 11.9 Å². The summed E-state index contributed by atoms with van der Waals surface area (Å²) < 4.78 is 6.10. The number of phenolic OH excluding ortho intramolecular Hbond substituents is 1. The van der Waals surface area contributed by atoms with Crippen LogP contribution in [0.4, 0.5) is 0 Å². The van der Waals surface area contributed by atoms with E-state index < -0.39 is 0 Å². The smallest absolute Gasteiger partial charge is 0.170 e. The molecule has 1 N–H and O–H groups in total. The molecule has 118 valence electrons. The number of aromatic hydroxyl groups is 1. The minimum absolute atomic E-state index is 0.0410. The number of phenols is 1. The van der Waals surface area contributed by atoms with E-state index in [2.05, 4.69) is 13.8 Å². The first-order chi connectivity index (χ1) is 11.1. The maximum atomic E-state index is 12.5. The first kappa shape index (κ1) is 15.3. The lowest BCUT2D eigenvalue weighted by molar-refractivity contribution is 0.0849. The number of allylic oxidation sites excluding steroid dienone is 1. The largest absolute Gasteiger partial charge is 0.507 e. The lowest BCUT2D eigenvalue weighted by atomic mass is 9.93. The second kappa shape index (κ2) is 6.29. The van der Waals surface area contributed by atoms with Gasteiger partial charge in [-0.2, -0.15) is 0 Å². The summed E-state index contributed by atoms with van der Waals surface area (Å²) in [6, 6.07) is 12.9. The van der Waals surface area contributed by atoms with Crippen LogP contribution in [0.2, 0.25) is 0 Å². The Kier molecular flexibility index (Phi) is 4.20. The molecular formula is C20H20O3. The summed E-state index contributed by atoms with van der Waals surface area (Å²) in [5.74, 6) is 0.989. The number of hydrogen-bond acceptors (Lipinski definition) is 3. The maximum absolute atomic E-state index is 12.5. The highest BCUT2D eigenvalue weighted by atomic mass is 16.5. The maximum Gasteiger partial charge on any atom is 0.170 e. The van der Waals surface area contributed by atoms with E-state index in [-0.39, 0.29) is 17.6 Å². The number of benzene rings is 2. The number of ketones is 1. The van der Waals surface area contributed by atoms with Gasteiger partial charge in [0, 0.05) is 0 Å². The van der Waals surface area contributed by atoms with Crippen LogP contribution in [0, 0.1) is 5.92 Å². The van der Waals surface area contributed by atoms with E-state index in [1.165, 1.54) is 0 Å². The van der Waals surface area contributed by atoms with Crippen LogP contribution < -0.4 is 4.74 Å². The highest BCUT2D eigenvalue weighted by Crippen LogP contribution is 2.41. The third-order valence-electron chi connectivity index (χ3n) is 3.92. The molecule has 1 atom stereocenters. The van der Waals surface area contributed by atoms with Gasteiger partial charge in [0.15, 0.2) is 5.78 Å². The summed E-state index contributed by atoms with van der Waals surface area (Å²) in [6.45, 7) is 4.11. The molecule has 0 aliphatic carbocycles. The van der Waals surface area contributed by atoms with Crippen LogP contribution in [0.3, 0.4) is 0 Å².